The van der Waals surface area contributed by atoms with Gasteiger partial charge < -0.3 is 24.1 Å². The van der Waals surface area contributed by atoms with Crippen molar-refractivity contribution >= 4 is 10.8 Å². The number of benzene rings is 2. The molecular weight excluding hydrogens is 358 g/mol. The minimum Gasteiger partial charge on any atom is -0.493 e. The van der Waals surface area contributed by atoms with Crippen molar-refractivity contribution in [2.75, 3.05) is 34.5 Å². The number of aliphatic hydroxyl groups excluding tert-OH is 1. The highest BCUT2D eigenvalue weighted by atomic mass is 16.5. The number of hydrogen-bond acceptors (Lipinski definition) is 5. The number of ether oxygens (including phenoxy) is 4. The molecule has 3 aromatic rings. The van der Waals surface area contributed by atoms with E-state index in [-0.39, 0.29) is 13.2 Å². The molecule has 0 amide bonds. The molecule has 28 heavy (non-hydrogen) atoms. The van der Waals surface area contributed by atoms with Crippen LogP contribution in [0.15, 0.2) is 36.5 Å². The Kier molecular flexibility index (Phi) is 4.96. The number of pyridine rings is 1. The van der Waals surface area contributed by atoms with E-state index in [0.29, 0.717) is 11.5 Å². The van der Waals surface area contributed by atoms with Crippen molar-refractivity contribution in [2.45, 2.75) is 13.0 Å². The van der Waals surface area contributed by atoms with Crippen LogP contribution < -0.4 is 23.5 Å². The van der Waals surface area contributed by atoms with Crippen molar-refractivity contribution in [3.05, 3.63) is 42.1 Å². The number of aryl methyl sites for hydroxylation is 2. The summed E-state index contributed by atoms with van der Waals surface area (Å²) < 4.78 is 24.4. The summed E-state index contributed by atoms with van der Waals surface area (Å²) in [4.78, 5) is 0. The molecule has 0 saturated heterocycles. The van der Waals surface area contributed by atoms with Crippen molar-refractivity contribution in [1.29, 1.82) is 0 Å². The summed E-state index contributed by atoms with van der Waals surface area (Å²) >= 11 is 0. The zero-order valence-corrected chi connectivity index (χ0v) is 16.3. The number of fused-ring (bicyclic) bond motifs is 4. The first kappa shape index (κ1) is 18.4. The third-order valence-corrected chi connectivity index (χ3v) is 5.15. The van der Waals surface area contributed by atoms with Gasteiger partial charge >= 0.3 is 0 Å². The molecule has 6 nitrogen and oxygen atoms in total. The summed E-state index contributed by atoms with van der Waals surface area (Å²) in [6, 6.07) is 10.2. The van der Waals surface area contributed by atoms with Gasteiger partial charge in [0, 0.05) is 12.5 Å². The van der Waals surface area contributed by atoms with E-state index in [4.69, 9.17) is 24.1 Å². The van der Waals surface area contributed by atoms with Gasteiger partial charge in [-0.15, -0.1) is 0 Å². The van der Waals surface area contributed by atoms with E-state index in [1.165, 1.54) is 5.56 Å². The Balaban J connectivity index is 1.90. The monoisotopic (exact) mass is 382 g/mol. The summed E-state index contributed by atoms with van der Waals surface area (Å²) in [5.74, 6) is 2.78. The van der Waals surface area contributed by atoms with Crippen molar-refractivity contribution in [3.63, 3.8) is 0 Å². The maximum atomic E-state index is 9.16. The first-order valence-corrected chi connectivity index (χ1v) is 9.23. The lowest BCUT2D eigenvalue weighted by Crippen LogP contribution is -2.40. The van der Waals surface area contributed by atoms with Crippen molar-refractivity contribution < 1.29 is 28.6 Å². The standard InChI is InChI=1S/C22H24NO5/c1-25-19-5-4-14-10-18-16-12-21(27-3)20(26-2)11-15(16)6-7-23(18)13-17(14)22(19)28-9-8-24/h4-5,10-13,24H,6-9H2,1-3H3/q+1. The van der Waals surface area contributed by atoms with Crippen molar-refractivity contribution in [3.8, 4) is 34.3 Å². The average Bonchev–Trinajstić information content (AvgIpc) is 2.74. The van der Waals surface area contributed by atoms with E-state index < -0.39 is 0 Å². The maximum Gasteiger partial charge on any atom is 0.213 e. The van der Waals surface area contributed by atoms with Gasteiger partial charge in [-0.05, 0) is 35.2 Å². The van der Waals surface area contributed by atoms with Gasteiger partial charge in [0.2, 0.25) is 5.69 Å². The van der Waals surface area contributed by atoms with Gasteiger partial charge in [-0.2, -0.15) is 4.57 Å². The molecule has 4 rings (SSSR count). The lowest BCUT2D eigenvalue weighted by atomic mass is 9.95. The van der Waals surface area contributed by atoms with Crippen molar-refractivity contribution in [2.24, 2.45) is 0 Å². The molecule has 0 saturated carbocycles. The second-order valence-electron chi connectivity index (χ2n) is 6.64. The predicted molar refractivity (Wildman–Crippen MR) is 106 cm³/mol. The number of nitrogens with zero attached hydrogens (tertiary/aromatic N) is 1. The maximum absolute atomic E-state index is 9.16. The predicted octanol–water partition coefficient (Wildman–Crippen LogP) is 2.75. The fraction of sp³-hybridized carbons (Fsp3) is 0.318. The molecule has 0 bridgehead atoms. The van der Waals surface area contributed by atoms with E-state index in [1.54, 1.807) is 21.3 Å². The van der Waals surface area contributed by atoms with Gasteiger partial charge in [-0.1, -0.05) is 0 Å². The average molecular weight is 382 g/mol. The second-order valence-corrected chi connectivity index (χ2v) is 6.64. The molecule has 1 aromatic heterocycles. The topological polar surface area (TPSA) is 61.0 Å². The first-order chi connectivity index (χ1) is 13.7. The first-order valence-electron chi connectivity index (χ1n) is 9.23. The number of aliphatic hydroxyl groups is 1. The van der Waals surface area contributed by atoms with Crippen LogP contribution in [-0.2, 0) is 13.0 Å². The molecule has 1 aliphatic heterocycles. The third-order valence-electron chi connectivity index (χ3n) is 5.15. The summed E-state index contributed by atoms with van der Waals surface area (Å²) in [7, 11) is 4.93. The zero-order chi connectivity index (χ0) is 19.7. The Labute approximate surface area is 163 Å². The molecule has 146 valence electrons. The van der Waals surface area contributed by atoms with E-state index in [2.05, 4.69) is 22.9 Å². The van der Waals surface area contributed by atoms with Crippen LogP contribution in [0.2, 0.25) is 0 Å². The second kappa shape index (κ2) is 7.56. The van der Waals surface area contributed by atoms with E-state index in [0.717, 1.165) is 46.5 Å². The number of hydrogen-bond donors (Lipinski definition) is 1. The minimum absolute atomic E-state index is 0.0490. The fourth-order valence-corrected chi connectivity index (χ4v) is 3.79. The normalized spacial score (nSPS) is 12.3. The summed E-state index contributed by atoms with van der Waals surface area (Å²) in [6.07, 6.45) is 3.00. The molecule has 2 heterocycles. The minimum atomic E-state index is -0.0490. The largest absolute Gasteiger partial charge is 0.493 e. The fourth-order valence-electron chi connectivity index (χ4n) is 3.79. The molecule has 1 N–H and O–H groups in total. The van der Waals surface area contributed by atoms with Gasteiger partial charge in [-0.25, -0.2) is 0 Å². The third kappa shape index (κ3) is 2.99. The van der Waals surface area contributed by atoms with Crippen LogP contribution in [0.5, 0.6) is 23.0 Å². The Morgan fingerprint density at radius 2 is 1.71 bits per heavy atom. The number of aromatic nitrogens is 1. The van der Waals surface area contributed by atoms with Crippen LogP contribution in [0.25, 0.3) is 22.0 Å². The molecule has 6 heteroatoms. The van der Waals surface area contributed by atoms with Crippen LogP contribution in [0, 0.1) is 0 Å². The molecular formula is C22H24NO5+. The SMILES string of the molecule is COc1cc2c(cc1OC)-c1cc3ccc(OC)c(OCCO)c3c[n+]1CC2. The molecule has 0 fully saturated rings. The van der Waals surface area contributed by atoms with Gasteiger partial charge in [0.25, 0.3) is 0 Å². The van der Waals surface area contributed by atoms with E-state index in [1.807, 2.05) is 18.2 Å². The Bertz CT molecular complexity index is 1030. The summed E-state index contributed by atoms with van der Waals surface area (Å²) in [6.45, 7) is 1.02. The quantitative estimate of drug-likeness (QED) is 0.665. The van der Waals surface area contributed by atoms with Crippen LogP contribution in [-0.4, -0.2) is 39.6 Å². The van der Waals surface area contributed by atoms with Crippen LogP contribution in [0.1, 0.15) is 5.56 Å². The highest BCUT2D eigenvalue weighted by Gasteiger charge is 2.27. The Hall–Kier alpha value is -2.99. The van der Waals surface area contributed by atoms with Crippen LogP contribution in [0.3, 0.4) is 0 Å². The number of rotatable bonds is 6. The van der Waals surface area contributed by atoms with Gasteiger partial charge in [0.05, 0.1) is 38.9 Å². The molecule has 0 aliphatic carbocycles. The Morgan fingerprint density at radius 1 is 0.964 bits per heavy atom. The smallest absolute Gasteiger partial charge is 0.213 e. The molecule has 2 aromatic carbocycles. The Morgan fingerprint density at radius 3 is 2.43 bits per heavy atom. The zero-order valence-electron chi connectivity index (χ0n) is 16.3. The summed E-state index contributed by atoms with van der Waals surface area (Å²) in [5.41, 5.74) is 3.50. The molecule has 0 radical (unpaired) electrons. The van der Waals surface area contributed by atoms with Crippen LogP contribution >= 0.6 is 0 Å². The molecule has 1 aliphatic rings. The highest BCUT2D eigenvalue weighted by Crippen LogP contribution is 2.40. The van der Waals surface area contributed by atoms with Gasteiger partial charge in [0.15, 0.2) is 35.7 Å². The van der Waals surface area contributed by atoms with E-state index in [9.17, 15) is 0 Å². The number of methoxy groups -OCH3 is 3. The lowest BCUT2D eigenvalue weighted by Gasteiger charge is -2.19. The summed E-state index contributed by atoms with van der Waals surface area (Å²) in [5, 5.41) is 11.2. The molecule has 0 spiro atoms. The van der Waals surface area contributed by atoms with Gasteiger partial charge in [0.1, 0.15) is 6.61 Å². The van der Waals surface area contributed by atoms with Gasteiger partial charge in [-0.3, -0.25) is 0 Å². The van der Waals surface area contributed by atoms with E-state index >= 15 is 0 Å². The van der Waals surface area contributed by atoms with Crippen LogP contribution in [0.4, 0.5) is 0 Å². The molecule has 0 unspecified atom stereocenters. The lowest BCUT2D eigenvalue weighted by molar-refractivity contribution is -0.686. The molecule has 0 atom stereocenters. The van der Waals surface area contributed by atoms with Crippen molar-refractivity contribution in [1.82, 2.24) is 0 Å². The highest BCUT2D eigenvalue weighted by molar-refractivity contribution is 5.91.